The topological polar surface area (TPSA) is 64.6 Å². The van der Waals surface area contributed by atoms with Crippen LogP contribution in [0.4, 0.5) is 0 Å². The highest BCUT2D eigenvalue weighted by atomic mass is 32.2. The molecule has 0 aromatic heterocycles. The number of benzene rings is 2. The highest BCUT2D eigenvalue weighted by molar-refractivity contribution is 7.89. The highest BCUT2D eigenvalue weighted by Crippen LogP contribution is 2.31. The maximum Gasteiger partial charge on any atom is 0.240 e. The molecule has 1 aliphatic heterocycles. The third kappa shape index (κ3) is 4.74. The van der Waals surface area contributed by atoms with Crippen molar-refractivity contribution >= 4 is 10.0 Å². The van der Waals surface area contributed by atoms with Gasteiger partial charge in [-0.05, 0) is 37.5 Å². The molecular formula is C19H23NO4S. The van der Waals surface area contributed by atoms with Crippen LogP contribution in [0.3, 0.4) is 0 Å². The Bertz CT molecular complexity index is 805. The monoisotopic (exact) mass is 361 g/mol. The number of fused-ring (bicyclic) bond motifs is 1. The maximum absolute atomic E-state index is 12.6. The Morgan fingerprint density at radius 1 is 1.04 bits per heavy atom. The molecule has 134 valence electrons. The first-order valence-corrected chi connectivity index (χ1v) is 9.99. The summed E-state index contributed by atoms with van der Waals surface area (Å²) in [5.74, 6) is 1.07. The lowest BCUT2D eigenvalue weighted by molar-refractivity contribution is 0.297. The Morgan fingerprint density at radius 2 is 1.76 bits per heavy atom. The molecule has 1 N–H and O–H groups in total. The van der Waals surface area contributed by atoms with Gasteiger partial charge in [-0.25, -0.2) is 13.1 Å². The zero-order chi connectivity index (χ0) is 17.7. The SMILES string of the molecule is C[C@@H](CCc1ccccc1)NS(=O)(=O)c1ccc2c(c1)OCCCO2. The number of sulfonamides is 1. The van der Waals surface area contributed by atoms with Crippen molar-refractivity contribution in [3.05, 3.63) is 54.1 Å². The van der Waals surface area contributed by atoms with E-state index in [4.69, 9.17) is 9.47 Å². The van der Waals surface area contributed by atoms with Gasteiger partial charge in [-0.1, -0.05) is 30.3 Å². The van der Waals surface area contributed by atoms with Crippen molar-refractivity contribution in [2.24, 2.45) is 0 Å². The predicted molar refractivity (Wildman–Crippen MR) is 96.6 cm³/mol. The first kappa shape index (κ1) is 17.8. The fraction of sp³-hybridized carbons (Fsp3) is 0.368. The molecule has 1 heterocycles. The van der Waals surface area contributed by atoms with E-state index in [9.17, 15) is 8.42 Å². The van der Waals surface area contributed by atoms with Gasteiger partial charge in [0.2, 0.25) is 10.0 Å². The molecule has 5 nitrogen and oxygen atoms in total. The largest absolute Gasteiger partial charge is 0.490 e. The van der Waals surface area contributed by atoms with Crippen molar-refractivity contribution in [2.75, 3.05) is 13.2 Å². The molecule has 0 fully saturated rings. The van der Waals surface area contributed by atoms with Crippen LogP contribution in [-0.2, 0) is 16.4 Å². The molecule has 25 heavy (non-hydrogen) atoms. The molecule has 0 bridgehead atoms. The smallest absolute Gasteiger partial charge is 0.240 e. The van der Waals surface area contributed by atoms with E-state index in [1.54, 1.807) is 12.1 Å². The van der Waals surface area contributed by atoms with Crippen LogP contribution in [0.2, 0.25) is 0 Å². The van der Waals surface area contributed by atoms with Gasteiger partial charge in [0.15, 0.2) is 11.5 Å². The summed E-state index contributed by atoms with van der Waals surface area (Å²) in [5, 5.41) is 0. The zero-order valence-corrected chi connectivity index (χ0v) is 15.1. The van der Waals surface area contributed by atoms with Gasteiger partial charge in [-0.15, -0.1) is 0 Å². The molecule has 1 aliphatic rings. The summed E-state index contributed by atoms with van der Waals surface area (Å²) >= 11 is 0. The van der Waals surface area contributed by atoms with Gasteiger partial charge in [0.25, 0.3) is 0 Å². The predicted octanol–water partition coefficient (Wildman–Crippen LogP) is 3.15. The van der Waals surface area contributed by atoms with Crippen molar-refractivity contribution in [3.8, 4) is 11.5 Å². The second-order valence-electron chi connectivity index (χ2n) is 6.21. The fourth-order valence-corrected chi connectivity index (χ4v) is 4.02. The quantitative estimate of drug-likeness (QED) is 0.858. The van der Waals surface area contributed by atoms with E-state index >= 15 is 0 Å². The van der Waals surface area contributed by atoms with Crippen LogP contribution in [0.15, 0.2) is 53.4 Å². The molecular weight excluding hydrogens is 338 g/mol. The Balaban J connectivity index is 1.66. The van der Waals surface area contributed by atoms with E-state index in [2.05, 4.69) is 4.72 Å². The summed E-state index contributed by atoms with van der Waals surface area (Å²) in [6, 6.07) is 14.6. The first-order valence-electron chi connectivity index (χ1n) is 8.50. The molecule has 1 atom stereocenters. The minimum Gasteiger partial charge on any atom is -0.490 e. The van der Waals surface area contributed by atoms with E-state index < -0.39 is 10.0 Å². The van der Waals surface area contributed by atoms with Gasteiger partial charge in [0, 0.05) is 18.5 Å². The van der Waals surface area contributed by atoms with Gasteiger partial charge < -0.3 is 9.47 Å². The van der Waals surface area contributed by atoms with Crippen molar-refractivity contribution in [3.63, 3.8) is 0 Å². The zero-order valence-electron chi connectivity index (χ0n) is 14.3. The molecule has 6 heteroatoms. The second kappa shape index (κ2) is 7.89. The number of nitrogens with one attached hydrogen (secondary N) is 1. The van der Waals surface area contributed by atoms with Gasteiger partial charge in [0.1, 0.15) is 0 Å². The van der Waals surface area contributed by atoms with Crippen LogP contribution in [0, 0.1) is 0 Å². The first-order chi connectivity index (χ1) is 12.0. The molecule has 0 saturated carbocycles. The van der Waals surface area contributed by atoms with E-state index in [-0.39, 0.29) is 10.9 Å². The Hall–Kier alpha value is -2.05. The fourth-order valence-electron chi connectivity index (χ4n) is 2.73. The van der Waals surface area contributed by atoms with Crippen LogP contribution in [-0.4, -0.2) is 27.7 Å². The van der Waals surface area contributed by atoms with Crippen molar-refractivity contribution < 1.29 is 17.9 Å². The average Bonchev–Trinajstić information content (AvgIpc) is 2.85. The lowest BCUT2D eigenvalue weighted by Gasteiger charge is -2.15. The summed E-state index contributed by atoms with van der Waals surface area (Å²) < 4.78 is 39.1. The summed E-state index contributed by atoms with van der Waals surface area (Å²) in [5.41, 5.74) is 1.20. The Labute approximate surface area is 149 Å². The van der Waals surface area contributed by atoms with Crippen molar-refractivity contribution in [1.29, 1.82) is 0 Å². The third-order valence-electron chi connectivity index (χ3n) is 4.09. The van der Waals surface area contributed by atoms with Crippen LogP contribution in [0.5, 0.6) is 11.5 Å². The van der Waals surface area contributed by atoms with E-state index in [1.165, 1.54) is 11.6 Å². The molecule has 3 rings (SSSR count). The number of hydrogen-bond donors (Lipinski definition) is 1. The number of ether oxygens (including phenoxy) is 2. The maximum atomic E-state index is 12.6. The number of rotatable bonds is 6. The summed E-state index contributed by atoms with van der Waals surface area (Å²) in [4.78, 5) is 0.198. The molecule has 0 amide bonds. The molecule has 2 aromatic carbocycles. The van der Waals surface area contributed by atoms with Gasteiger partial charge >= 0.3 is 0 Å². The van der Waals surface area contributed by atoms with Gasteiger partial charge in [-0.3, -0.25) is 0 Å². The number of aryl methyl sites for hydroxylation is 1. The lowest BCUT2D eigenvalue weighted by atomic mass is 10.1. The van der Waals surface area contributed by atoms with Crippen LogP contribution in [0.1, 0.15) is 25.3 Å². The normalized spacial score (nSPS) is 15.4. The minimum absolute atomic E-state index is 0.166. The minimum atomic E-state index is -3.59. The molecule has 0 spiro atoms. The lowest BCUT2D eigenvalue weighted by Crippen LogP contribution is -2.33. The molecule has 2 aromatic rings. The van der Waals surface area contributed by atoms with E-state index in [0.29, 0.717) is 24.7 Å². The number of hydrogen-bond acceptors (Lipinski definition) is 4. The molecule has 0 aliphatic carbocycles. The van der Waals surface area contributed by atoms with E-state index in [0.717, 1.165) is 19.3 Å². The summed E-state index contributed by atoms with van der Waals surface area (Å²) in [6.45, 7) is 2.98. The van der Waals surface area contributed by atoms with Crippen molar-refractivity contribution in [1.82, 2.24) is 4.72 Å². The van der Waals surface area contributed by atoms with Crippen LogP contribution in [0.25, 0.3) is 0 Å². The Morgan fingerprint density at radius 3 is 2.52 bits per heavy atom. The van der Waals surface area contributed by atoms with Crippen LogP contribution < -0.4 is 14.2 Å². The summed E-state index contributed by atoms with van der Waals surface area (Å²) in [6.07, 6.45) is 2.34. The van der Waals surface area contributed by atoms with E-state index in [1.807, 2.05) is 37.3 Å². The van der Waals surface area contributed by atoms with Crippen molar-refractivity contribution in [2.45, 2.75) is 37.1 Å². The third-order valence-corrected chi connectivity index (χ3v) is 5.68. The molecule has 0 radical (unpaired) electrons. The highest BCUT2D eigenvalue weighted by Gasteiger charge is 2.20. The average molecular weight is 361 g/mol. The molecule has 0 saturated heterocycles. The molecule has 0 unspecified atom stereocenters. The van der Waals surface area contributed by atoms with Crippen LogP contribution >= 0.6 is 0 Å². The Kier molecular flexibility index (Phi) is 5.60. The summed E-state index contributed by atoms with van der Waals surface area (Å²) in [7, 11) is -3.59. The van der Waals surface area contributed by atoms with Gasteiger partial charge in [-0.2, -0.15) is 0 Å². The second-order valence-corrected chi connectivity index (χ2v) is 7.92. The van der Waals surface area contributed by atoms with Gasteiger partial charge in [0.05, 0.1) is 18.1 Å². The standard InChI is InChI=1S/C19H23NO4S/c1-15(8-9-16-6-3-2-4-7-16)20-25(21,22)17-10-11-18-19(14-17)24-13-5-12-23-18/h2-4,6-7,10-11,14-15,20H,5,8-9,12-13H2,1H3/t15-/m0/s1.